The quantitative estimate of drug-likeness (QED) is 0.618. The second kappa shape index (κ2) is 3.55. The van der Waals surface area contributed by atoms with E-state index in [2.05, 4.69) is 26.3 Å². The highest BCUT2D eigenvalue weighted by Crippen LogP contribution is 2.30. The number of hydrogen-bond donors (Lipinski definition) is 2. The molecule has 0 fully saturated rings. The zero-order chi connectivity index (χ0) is 9.12. The Balaban J connectivity index is 4.02. The van der Waals surface area contributed by atoms with Crippen LogP contribution in [0.4, 0.5) is 0 Å². The number of rotatable bonds is 4. The van der Waals surface area contributed by atoms with Gasteiger partial charge in [-0.1, -0.05) is 27.2 Å². The summed E-state index contributed by atoms with van der Waals surface area (Å²) in [5.74, 6) is 0. The monoisotopic (exact) mass is 159 g/mol. The Bertz CT molecular complexity index is 105. The van der Waals surface area contributed by atoms with Gasteiger partial charge in [-0.25, -0.2) is 5.48 Å². The molecule has 0 radical (unpaired) electrons. The molecule has 0 aromatic carbocycles. The maximum atomic E-state index is 8.80. The number of hydroxylamine groups is 1. The molecule has 0 aliphatic heterocycles. The average Bonchev–Trinajstić information content (AvgIpc) is 1.86. The SMILES string of the molecule is CCC(C)(C)CC(C)(C)NO. The standard InChI is InChI=1S/C9H21NO/c1-6-8(2,3)7-9(4,5)10-11/h10-11H,6-7H2,1-5H3. The lowest BCUT2D eigenvalue weighted by molar-refractivity contribution is 0.0518. The molecular formula is C9H21NO. The molecule has 0 aliphatic carbocycles. The van der Waals surface area contributed by atoms with E-state index in [-0.39, 0.29) is 5.54 Å². The van der Waals surface area contributed by atoms with Crippen LogP contribution in [0, 0.1) is 5.41 Å². The minimum Gasteiger partial charge on any atom is -0.316 e. The molecule has 0 aromatic rings. The maximum absolute atomic E-state index is 8.80. The van der Waals surface area contributed by atoms with E-state index in [4.69, 9.17) is 5.21 Å². The van der Waals surface area contributed by atoms with Gasteiger partial charge >= 0.3 is 0 Å². The topological polar surface area (TPSA) is 32.3 Å². The summed E-state index contributed by atoms with van der Waals surface area (Å²) in [6, 6.07) is 0. The Morgan fingerprint density at radius 3 is 1.91 bits per heavy atom. The molecule has 0 aliphatic rings. The number of nitrogens with one attached hydrogen (secondary N) is 1. The molecule has 68 valence electrons. The van der Waals surface area contributed by atoms with Crippen LogP contribution in [-0.4, -0.2) is 10.7 Å². The smallest absolute Gasteiger partial charge is 0.0379 e. The van der Waals surface area contributed by atoms with Gasteiger partial charge in [-0.3, -0.25) is 0 Å². The summed E-state index contributed by atoms with van der Waals surface area (Å²) in [6.45, 7) is 10.6. The van der Waals surface area contributed by atoms with Crippen molar-refractivity contribution in [3.05, 3.63) is 0 Å². The minimum atomic E-state index is -0.167. The second-order valence-corrected chi connectivity index (χ2v) is 4.69. The fourth-order valence-electron chi connectivity index (χ4n) is 1.36. The van der Waals surface area contributed by atoms with Gasteiger partial charge in [-0.2, -0.15) is 0 Å². The van der Waals surface area contributed by atoms with Crippen LogP contribution < -0.4 is 5.48 Å². The van der Waals surface area contributed by atoms with Crippen molar-refractivity contribution in [1.29, 1.82) is 0 Å². The molecule has 2 nitrogen and oxygen atoms in total. The predicted molar refractivity (Wildman–Crippen MR) is 47.7 cm³/mol. The van der Waals surface area contributed by atoms with E-state index in [0.29, 0.717) is 5.41 Å². The highest BCUT2D eigenvalue weighted by molar-refractivity contribution is 4.81. The minimum absolute atomic E-state index is 0.167. The first-order chi connectivity index (χ1) is 4.83. The van der Waals surface area contributed by atoms with Crippen LogP contribution in [-0.2, 0) is 0 Å². The highest BCUT2D eigenvalue weighted by Gasteiger charge is 2.26. The van der Waals surface area contributed by atoms with Gasteiger partial charge in [0.15, 0.2) is 0 Å². The van der Waals surface area contributed by atoms with E-state index in [1.165, 1.54) is 0 Å². The van der Waals surface area contributed by atoms with Crippen LogP contribution in [0.1, 0.15) is 47.5 Å². The van der Waals surface area contributed by atoms with E-state index < -0.39 is 0 Å². The van der Waals surface area contributed by atoms with E-state index in [9.17, 15) is 0 Å². The first kappa shape index (κ1) is 10.9. The van der Waals surface area contributed by atoms with E-state index in [0.717, 1.165) is 12.8 Å². The van der Waals surface area contributed by atoms with Crippen molar-refractivity contribution in [1.82, 2.24) is 5.48 Å². The van der Waals surface area contributed by atoms with Crippen molar-refractivity contribution in [2.75, 3.05) is 0 Å². The third kappa shape index (κ3) is 4.38. The zero-order valence-corrected chi connectivity index (χ0v) is 8.36. The molecule has 0 aromatic heterocycles. The van der Waals surface area contributed by atoms with Crippen molar-refractivity contribution in [2.24, 2.45) is 5.41 Å². The Morgan fingerprint density at radius 1 is 1.18 bits per heavy atom. The lowest BCUT2D eigenvalue weighted by Crippen LogP contribution is -2.40. The first-order valence-electron chi connectivity index (χ1n) is 4.24. The third-order valence-electron chi connectivity index (χ3n) is 2.18. The van der Waals surface area contributed by atoms with Gasteiger partial charge in [0.05, 0.1) is 0 Å². The second-order valence-electron chi connectivity index (χ2n) is 4.69. The molecule has 0 saturated carbocycles. The molecule has 0 unspecified atom stereocenters. The molecular weight excluding hydrogens is 138 g/mol. The molecule has 0 bridgehead atoms. The van der Waals surface area contributed by atoms with E-state index in [1.54, 1.807) is 0 Å². The van der Waals surface area contributed by atoms with Crippen LogP contribution in [0.3, 0.4) is 0 Å². The summed E-state index contributed by atoms with van der Waals surface area (Å²) in [5.41, 5.74) is 2.47. The van der Waals surface area contributed by atoms with Crippen LogP contribution >= 0.6 is 0 Å². The zero-order valence-electron chi connectivity index (χ0n) is 8.36. The van der Waals surface area contributed by atoms with Gasteiger partial charge in [-0.15, -0.1) is 0 Å². The van der Waals surface area contributed by atoms with Gasteiger partial charge in [0.1, 0.15) is 0 Å². The Labute approximate surface area is 70.0 Å². The van der Waals surface area contributed by atoms with Crippen molar-refractivity contribution in [3.8, 4) is 0 Å². The summed E-state index contributed by atoms with van der Waals surface area (Å²) in [6.07, 6.45) is 2.12. The van der Waals surface area contributed by atoms with Crippen LogP contribution in [0.2, 0.25) is 0 Å². The average molecular weight is 159 g/mol. The van der Waals surface area contributed by atoms with Crippen LogP contribution in [0.25, 0.3) is 0 Å². The van der Waals surface area contributed by atoms with Crippen LogP contribution in [0.5, 0.6) is 0 Å². The molecule has 11 heavy (non-hydrogen) atoms. The molecule has 0 atom stereocenters. The summed E-state index contributed by atoms with van der Waals surface area (Å²) in [5, 5.41) is 8.80. The lowest BCUT2D eigenvalue weighted by Gasteiger charge is -2.33. The molecule has 0 spiro atoms. The van der Waals surface area contributed by atoms with E-state index in [1.807, 2.05) is 13.8 Å². The summed E-state index contributed by atoms with van der Waals surface area (Å²) < 4.78 is 0. The number of hydrogen-bond acceptors (Lipinski definition) is 2. The molecule has 0 saturated heterocycles. The lowest BCUT2D eigenvalue weighted by atomic mass is 9.79. The van der Waals surface area contributed by atoms with Crippen molar-refractivity contribution < 1.29 is 5.21 Å². The van der Waals surface area contributed by atoms with Gasteiger partial charge in [0.25, 0.3) is 0 Å². The van der Waals surface area contributed by atoms with Gasteiger partial charge in [0.2, 0.25) is 0 Å². The third-order valence-corrected chi connectivity index (χ3v) is 2.18. The fraction of sp³-hybridized carbons (Fsp3) is 1.00. The molecule has 0 heterocycles. The molecule has 0 amide bonds. The largest absolute Gasteiger partial charge is 0.316 e. The Kier molecular flexibility index (Phi) is 3.52. The predicted octanol–water partition coefficient (Wildman–Crippen LogP) is 2.57. The Morgan fingerprint density at radius 2 is 1.64 bits per heavy atom. The summed E-state index contributed by atoms with van der Waals surface area (Å²) in [7, 11) is 0. The maximum Gasteiger partial charge on any atom is 0.0379 e. The van der Waals surface area contributed by atoms with Gasteiger partial charge in [-0.05, 0) is 25.7 Å². The van der Waals surface area contributed by atoms with Crippen molar-refractivity contribution in [3.63, 3.8) is 0 Å². The molecule has 2 heteroatoms. The Hall–Kier alpha value is -0.0800. The fourth-order valence-corrected chi connectivity index (χ4v) is 1.36. The molecule has 0 rings (SSSR count). The molecule has 2 N–H and O–H groups in total. The van der Waals surface area contributed by atoms with Gasteiger partial charge in [0, 0.05) is 5.54 Å². The first-order valence-corrected chi connectivity index (χ1v) is 4.24. The van der Waals surface area contributed by atoms with Crippen LogP contribution in [0.15, 0.2) is 0 Å². The van der Waals surface area contributed by atoms with Crippen molar-refractivity contribution in [2.45, 2.75) is 53.0 Å². The highest BCUT2D eigenvalue weighted by atomic mass is 16.5. The summed E-state index contributed by atoms with van der Waals surface area (Å²) >= 11 is 0. The summed E-state index contributed by atoms with van der Waals surface area (Å²) in [4.78, 5) is 0. The normalized spacial score (nSPS) is 13.6. The van der Waals surface area contributed by atoms with Gasteiger partial charge < -0.3 is 5.21 Å². The van der Waals surface area contributed by atoms with Crippen molar-refractivity contribution >= 4 is 0 Å². The van der Waals surface area contributed by atoms with E-state index >= 15 is 0 Å².